The summed E-state index contributed by atoms with van der Waals surface area (Å²) in [5.41, 5.74) is 4.31. The zero-order valence-electron chi connectivity index (χ0n) is 19.5. The van der Waals surface area contributed by atoms with Gasteiger partial charge in [-0.25, -0.2) is 9.59 Å². The molecule has 1 aliphatic rings. The molecule has 1 fully saturated rings. The molecular weight excluding hydrogens is 418 g/mol. The quantitative estimate of drug-likeness (QED) is 0.415. The summed E-state index contributed by atoms with van der Waals surface area (Å²) in [6, 6.07) is 0. The maximum atomic E-state index is 12.6. The summed E-state index contributed by atoms with van der Waals surface area (Å²) < 4.78 is 47.9. The van der Waals surface area contributed by atoms with Crippen LogP contribution in [0.3, 0.4) is 0 Å². The van der Waals surface area contributed by atoms with Gasteiger partial charge in [0.15, 0.2) is 18.4 Å². The van der Waals surface area contributed by atoms with Crippen LogP contribution in [0, 0.1) is 0 Å². The maximum absolute atomic E-state index is 12.6. The van der Waals surface area contributed by atoms with Crippen LogP contribution >= 0.6 is 0 Å². The molecule has 2 heterocycles. The first-order chi connectivity index (χ1) is 16.2. The highest BCUT2D eigenvalue weighted by atomic mass is 16.7. The standard InChI is InChI=1S/C18H23N3O10/c1-5-27-17(25)11-6-21(18(26)20-15(11)19)16-14(30-10(4)24)13(29-9(3)23)12(31-16)7-28-8(2)22/h6,12-14,16H,5,7H2,1-4H3,(H2,19,20,26)/t12-,13+,14-,16?/m1/s1/i2D,3D,4D. The second-order valence-corrected chi connectivity index (χ2v) is 6.11. The van der Waals surface area contributed by atoms with E-state index >= 15 is 0 Å². The van der Waals surface area contributed by atoms with E-state index in [1.807, 2.05) is 0 Å². The highest BCUT2D eigenvalue weighted by Gasteiger charge is 2.51. The van der Waals surface area contributed by atoms with E-state index in [9.17, 15) is 24.0 Å². The first kappa shape index (κ1) is 19.5. The van der Waals surface area contributed by atoms with Crippen molar-refractivity contribution in [2.24, 2.45) is 0 Å². The van der Waals surface area contributed by atoms with Crippen molar-refractivity contribution in [2.75, 3.05) is 18.9 Å². The smallest absolute Gasteiger partial charge is 0.351 e. The van der Waals surface area contributed by atoms with Crippen molar-refractivity contribution >= 4 is 29.7 Å². The van der Waals surface area contributed by atoms with E-state index in [0.29, 0.717) is 0 Å². The van der Waals surface area contributed by atoms with E-state index in [4.69, 9.17) is 33.5 Å². The Morgan fingerprint density at radius 2 is 1.77 bits per heavy atom. The molecule has 0 bridgehead atoms. The molecule has 170 valence electrons. The third kappa shape index (κ3) is 5.78. The Morgan fingerprint density at radius 3 is 2.39 bits per heavy atom. The molecule has 0 spiro atoms. The number of hydrogen-bond donors (Lipinski definition) is 1. The molecule has 4 atom stereocenters. The van der Waals surface area contributed by atoms with Gasteiger partial charge in [-0.3, -0.25) is 19.0 Å². The molecule has 1 aromatic heterocycles. The first-order valence-corrected chi connectivity index (χ1v) is 8.80. The van der Waals surface area contributed by atoms with Gasteiger partial charge in [0, 0.05) is 31.0 Å². The van der Waals surface area contributed by atoms with Crippen molar-refractivity contribution in [2.45, 2.75) is 52.2 Å². The van der Waals surface area contributed by atoms with E-state index in [1.54, 1.807) is 6.92 Å². The van der Waals surface area contributed by atoms with E-state index in [1.165, 1.54) is 0 Å². The van der Waals surface area contributed by atoms with Crippen LogP contribution in [-0.4, -0.2) is 65.0 Å². The van der Waals surface area contributed by atoms with Gasteiger partial charge in [-0.15, -0.1) is 0 Å². The number of carbonyl (C=O) groups excluding carboxylic acids is 4. The minimum absolute atomic E-state index is 0.00431. The normalized spacial score (nSPS) is 23.7. The van der Waals surface area contributed by atoms with Gasteiger partial charge in [0.05, 0.1) is 6.61 Å². The number of esters is 4. The molecule has 1 aromatic rings. The third-order valence-electron chi connectivity index (χ3n) is 3.98. The molecule has 0 aliphatic carbocycles. The molecule has 2 N–H and O–H groups in total. The number of aromatic nitrogens is 2. The fourth-order valence-electron chi connectivity index (χ4n) is 2.84. The minimum atomic E-state index is -1.56. The molecule has 0 amide bonds. The monoisotopic (exact) mass is 444 g/mol. The zero-order chi connectivity index (χ0) is 25.4. The fourth-order valence-corrected chi connectivity index (χ4v) is 2.84. The third-order valence-corrected chi connectivity index (χ3v) is 3.98. The van der Waals surface area contributed by atoms with E-state index in [-0.39, 0.29) is 12.2 Å². The Bertz CT molecular complexity index is 988. The summed E-state index contributed by atoms with van der Waals surface area (Å²) in [5.74, 6) is -4.40. The van der Waals surface area contributed by atoms with Crippen molar-refractivity contribution in [3.05, 3.63) is 22.2 Å². The predicted octanol–water partition coefficient (Wildman–Crippen LogP) is -0.674. The molecular formula is C18H23N3O10. The Kier molecular flexibility index (Phi) is 6.30. The van der Waals surface area contributed by atoms with Gasteiger partial charge >= 0.3 is 29.6 Å². The second-order valence-electron chi connectivity index (χ2n) is 6.11. The van der Waals surface area contributed by atoms with Gasteiger partial charge < -0.3 is 29.4 Å². The zero-order valence-corrected chi connectivity index (χ0v) is 16.5. The SMILES string of the molecule is [2H]CC(=O)OC[C@H]1OC(n2cc(C(=O)OCC)c(N)nc2=O)[C@H](OC(=O)C[2H])[C@H]1OC(=O)C[2H]. The van der Waals surface area contributed by atoms with Crippen LogP contribution in [-0.2, 0) is 38.1 Å². The summed E-state index contributed by atoms with van der Waals surface area (Å²) in [4.78, 5) is 63.5. The largest absolute Gasteiger partial charge is 0.463 e. The Morgan fingerprint density at radius 1 is 1.13 bits per heavy atom. The summed E-state index contributed by atoms with van der Waals surface area (Å²) in [5, 5.41) is 0. The summed E-state index contributed by atoms with van der Waals surface area (Å²) in [6.45, 7) is -1.38. The van der Waals surface area contributed by atoms with Gasteiger partial charge in [0.2, 0.25) is 0 Å². The summed E-state index contributed by atoms with van der Waals surface area (Å²) in [6.07, 6.45) is -4.96. The highest BCUT2D eigenvalue weighted by Crippen LogP contribution is 2.34. The second kappa shape index (κ2) is 10.0. The lowest BCUT2D eigenvalue weighted by Crippen LogP contribution is -2.42. The van der Waals surface area contributed by atoms with Crippen LogP contribution in [0.15, 0.2) is 11.0 Å². The number of nitrogens with two attached hydrogens (primary N) is 1. The maximum Gasteiger partial charge on any atom is 0.351 e. The summed E-state index contributed by atoms with van der Waals surface area (Å²) in [7, 11) is 0. The number of nitrogens with zero attached hydrogens (tertiary/aromatic N) is 2. The van der Waals surface area contributed by atoms with Crippen LogP contribution in [0.1, 0.15) is 48.3 Å². The number of carbonyl (C=O) groups is 4. The van der Waals surface area contributed by atoms with E-state index < -0.39 is 87.2 Å². The predicted molar refractivity (Wildman–Crippen MR) is 101 cm³/mol. The number of rotatable bonds is 7. The molecule has 2 rings (SSSR count). The fraction of sp³-hybridized carbons (Fsp3) is 0.556. The minimum Gasteiger partial charge on any atom is -0.463 e. The van der Waals surface area contributed by atoms with Crippen LogP contribution < -0.4 is 11.4 Å². The number of ether oxygens (including phenoxy) is 5. The number of anilines is 1. The van der Waals surface area contributed by atoms with Crippen molar-refractivity contribution in [3.63, 3.8) is 0 Å². The molecule has 0 aromatic carbocycles. The van der Waals surface area contributed by atoms with Crippen molar-refractivity contribution < 1.29 is 47.0 Å². The molecule has 13 heteroatoms. The van der Waals surface area contributed by atoms with Gasteiger partial charge in [0.1, 0.15) is 24.1 Å². The van der Waals surface area contributed by atoms with E-state index in [2.05, 4.69) is 4.98 Å². The van der Waals surface area contributed by atoms with Gasteiger partial charge in [0.25, 0.3) is 0 Å². The highest BCUT2D eigenvalue weighted by molar-refractivity contribution is 5.93. The number of nitrogen functional groups attached to an aromatic ring is 1. The van der Waals surface area contributed by atoms with Gasteiger partial charge in [-0.05, 0) is 6.92 Å². The topological polar surface area (TPSA) is 175 Å². The molecule has 1 unspecified atom stereocenters. The lowest BCUT2D eigenvalue weighted by atomic mass is 10.1. The molecule has 0 saturated carbocycles. The average Bonchev–Trinajstić information content (AvgIpc) is 3.13. The Balaban J connectivity index is 2.54. The van der Waals surface area contributed by atoms with Crippen molar-refractivity contribution in [3.8, 4) is 0 Å². The lowest BCUT2D eigenvalue weighted by molar-refractivity contribution is -0.166. The Hall–Kier alpha value is -3.48. The molecule has 0 radical (unpaired) electrons. The molecule has 31 heavy (non-hydrogen) atoms. The van der Waals surface area contributed by atoms with Crippen LogP contribution in [0.4, 0.5) is 5.82 Å². The average molecular weight is 444 g/mol. The molecule has 1 aliphatic heterocycles. The van der Waals surface area contributed by atoms with Crippen molar-refractivity contribution in [1.29, 1.82) is 0 Å². The van der Waals surface area contributed by atoms with Crippen LogP contribution in [0.25, 0.3) is 0 Å². The van der Waals surface area contributed by atoms with Crippen LogP contribution in [0.5, 0.6) is 0 Å². The van der Waals surface area contributed by atoms with Crippen LogP contribution in [0.2, 0.25) is 0 Å². The summed E-state index contributed by atoms with van der Waals surface area (Å²) >= 11 is 0. The molecule has 13 nitrogen and oxygen atoms in total. The number of hydrogen-bond acceptors (Lipinski definition) is 12. The van der Waals surface area contributed by atoms with E-state index in [0.717, 1.165) is 10.8 Å². The van der Waals surface area contributed by atoms with Gasteiger partial charge in [-0.2, -0.15) is 4.98 Å². The Labute approximate surface area is 180 Å². The molecule has 1 saturated heterocycles. The van der Waals surface area contributed by atoms with Crippen molar-refractivity contribution in [1.82, 2.24) is 9.55 Å². The van der Waals surface area contributed by atoms with Gasteiger partial charge in [-0.1, -0.05) is 0 Å². The first-order valence-electron chi connectivity index (χ1n) is 10.9. The lowest BCUT2D eigenvalue weighted by Gasteiger charge is -2.24.